The van der Waals surface area contributed by atoms with E-state index in [0.29, 0.717) is 98.8 Å². The average Bonchev–Trinajstić information content (AvgIpc) is 0.885. The molecule has 0 radical (unpaired) electrons. The lowest BCUT2D eigenvalue weighted by Gasteiger charge is -2.25. The van der Waals surface area contributed by atoms with Crippen LogP contribution in [0, 0.1) is 0 Å². The van der Waals surface area contributed by atoms with E-state index in [9.17, 15) is 45.5 Å². The van der Waals surface area contributed by atoms with Gasteiger partial charge in [-0.1, -0.05) is 143 Å². The maximum absolute atomic E-state index is 13.5. The number of halogens is 10. The van der Waals surface area contributed by atoms with E-state index in [0.717, 1.165) is 22.3 Å². The summed E-state index contributed by atoms with van der Waals surface area (Å²) in [6.45, 7) is 8.03. The Labute approximate surface area is 574 Å². The van der Waals surface area contributed by atoms with Crippen LogP contribution in [0.5, 0.6) is 11.5 Å². The molecule has 0 heterocycles. The van der Waals surface area contributed by atoms with Gasteiger partial charge in [-0.2, -0.15) is 26.3 Å². The number of rotatable bonds is 30. The van der Waals surface area contributed by atoms with Crippen molar-refractivity contribution in [1.82, 2.24) is 9.80 Å². The van der Waals surface area contributed by atoms with Gasteiger partial charge in [-0.25, -0.2) is 9.59 Å². The third kappa shape index (κ3) is 24.7. The molecule has 0 aliphatic rings. The molecular formula is C74H72Cl4F6N2O10. The third-order valence-electron chi connectivity index (χ3n) is 15.1. The predicted octanol–water partition coefficient (Wildman–Crippen LogP) is 17.4. The van der Waals surface area contributed by atoms with Crippen molar-refractivity contribution in [3.63, 3.8) is 0 Å². The molecule has 8 rings (SSSR count). The molecular weight excluding hydrogens is 1330 g/mol. The van der Waals surface area contributed by atoms with Gasteiger partial charge in [-0.15, -0.1) is 0 Å². The molecule has 0 aliphatic carbocycles. The second kappa shape index (κ2) is 35.5. The fourth-order valence-electron chi connectivity index (χ4n) is 9.93. The zero-order valence-electron chi connectivity index (χ0n) is 53.2. The largest absolute Gasteiger partial charge is 0.492 e. The molecule has 22 heteroatoms. The standard InChI is InChI=1S/C39H40Cl2F3NO5.C35H32Cl2F3NO5/c1-38(2,3)50-37(47)30-9-5-27(6-10-30)25-49-35(36(46)39(42,43)44)23-26-7-19-33(20-8-26)48-22-21-45(4)24-34(28-11-15-31(40)16-12-28)29-13-17-32(41)18-14-29;1-41(21-31(25-8-12-28(36)13-9-25)26-10-14-29(37)15-11-26)18-19-45-30-16-4-23(5-17-30)20-32(33(42)35(38,39)40)46-22-24-2-6-27(7-3-24)34(43)44/h5-20,34-35H,21-25H2,1-4H3;2-17,31-32H,18-22H2,1H3,(H,43,44). The highest BCUT2D eigenvalue weighted by molar-refractivity contribution is 6.31. The third-order valence-corrected chi connectivity index (χ3v) is 16.1. The molecule has 0 saturated heterocycles. The molecule has 96 heavy (non-hydrogen) atoms. The number of ether oxygens (including phenoxy) is 5. The number of alkyl halides is 6. The van der Waals surface area contributed by atoms with Crippen molar-refractivity contribution in [3.05, 3.63) is 270 Å². The fourth-order valence-corrected chi connectivity index (χ4v) is 10.4. The van der Waals surface area contributed by atoms with Gasteiger partial charge in [0.1, 0.15) is 42.5 Å². The van der Waals surface area contributed by atoms with Gasteiger partial charge in [-0.3, -0.25) is 9.59 Å². The number of carboxylic acid groups (broad SMARTS) is 1. The highest BCUT2D eigenvalue weighted by Crippen LogP contribution is 2.32. The number of esters is 1. The number of likely N-dealkylation sites (N-methyl/N-ethyl adjacent to an activating group) is 2. The first-order chi connectivity index (χ1) is 45.5. The molecule has 8 aromatic carbocycles. The van der Waals surface area contributed by atoms with E-state index in [1.165, 1.54) is 36.4 Å². The molecule has 0 aliphatic heterocycles. The summed E-state index contributed by atoms with van der Waals surface area (Å²) < 4.78 is 108. The van der Waals surface area contributed by atoms with Crippen LogP contribution >= 0.6 is 46.4 Å². The summed E-state index contributed by atoms with van der Waals surface area (Å²) in [5.74, 6) is -4.41. The van der Waals surface area contributed by atoms with Gasteiger partial charge in [0.25, 0.3) is 11.6 Å². The zero-order valence-corrected chi connectivity index (χ0v) is 56.2. The van der Waals surface area contributed by atoms with Crippen LogP contribution in [0.4, 0.5) is 26.3 Å². The molecule has 0 fully saturated rings. The quantitative estimate of drug-likeness (QED) is 0.0338. The Kier molecular flexibility index (Phi) is 27.9. The summed E-state index contributed by atoms with van der Waals surface area (Å²) in [6, 6.07) is 55.6. The number of hydrogen-bond acceptors (Lipinski definition) is 11. The lowest BCUT2D eigenvalue weighted by atomic mass is 9.91. The van der Waals surface area contributed by atoms with E-state index in [1.54, 1.807) is 81.4 Å². The zero-order chi connectivity index (χ0) is 69.7. The highest BCUT2D eigenvalue weighted by Gasteiger charge is 2.45. The molecule has 508 valence electrons. The lowest BCUT2D eigenvalue weighted by molar-refractivity contribution is -0.183. The van der Waals surface area contributed by atoms with Crippen LogP contribution in [0.15, 0.2) is 194 Å². The van der Waals surface area contributed by atoms with Crippen molar-refractivity contribution in [2.24, 2.45) is 0 Å². The Bertz CT molecular complexity index is 3680. The van der Waals surface area contributed by atoms with E-state index in [1.807, 2.05) is 111 Å². The smallest absolute Gasteiger partial charge is 0.452 e. The van der Waals surface area contributed by atoms with Crippen LogP contribution in [0.2, 0.25) is 20.1 Å². The Hall–Kier alpha value is -7.78. The Balaban J connectivity index is 0.000000272. The molecule has 8 aromatic rings. The topological polar surface area (TPSA) is 141 Å². The van der Waals surface area contributed by atoms with Crippen LogP contribution in [0.25, 0.3) is 0 Å². The van der Waals surface area contributed by atoms with Crippen molar-refractivity contribution >= 4 is 69.9 Å². The van der Waals surface area contributed by atoms with Gasteiger partial charge in [0.15, 0.2) is 0 Å². The Morgan fingerprint density at radius 2 is 0.719 bits per heavy atom. The van der Waals surface area contributed by atoms with Crippen molar-refractivity contribution < 1.29 is 74.3 Å². The number of Topliss-reactive ketones (excluding diaryl/α,β-unsaturated/α-hetero) is 2. The first-order valence-electron chi connectivity index (χ1n) is 30.4. The SMILES string of the molecule is CN(CCOc1ccc(CC(OCc2ccc(C(=O)O)cc2)C(=O)C(F)(F)F)cc1)CC(c1ccc(Cl)cc1)c1ccc(Cl)cc1.CN(CCOc1ccc(CC(OCc2ccc(C(=O)OC(C)(C)C)cc2)C(=O)C(F)(F)F)cc1)CC(c1ccc(Cl)cc1)c1ccc(Cl)cc1. The average molecular weight is 1410 g/mol. The Morgan fingerprint density at radius 3 is 1.00 bits per heavy atom. The fraction of sp³-hybridized carbons (Fsp3) is 0.297. The van der Waals surface area contributed by atoms with E-state index >= 15 is 0 Å². The first-order valence-corrected chi connectivity index (χ1v) is 31.9. The molecule has 12 nitrogen and oxygen atoms in total. The predicted molar refractivity (Wildman–Crippen MR) is 360 cm³/mol. The summed E-state index contributed by atoms with van der Waals surface area (Å²) in [6.07, 6.45) is -14.3. The number of benzene rings is 8. The Morgan fingerprint density at radius 1 is 0.427 bits per heavy atom. The van der Waals surface area contributed by atoms with E-state index in [4.69, 9.17) is 75.2 Å². The lowest BCUT2D eigenvalue weighted by Crippen LogP contribution is -2.37. The van der Waals surface area contributed by atoms with Crippen LogP contribution < -0.4 is 9.47 Å². The summed E-state index contributed by atoms with van der Waals surface area (Å²) in [5.41, 5.74) is 5.96. The van der Waals surface area contributed by atoms with Gasteiger partial charge < -0.3 is 38.6 Å². The summed E-state index contributed by atoms with van der Waals surface area (Å²) in [5, 5.41) is 11.7. The second-order valence-electron chi connectivity index (χ2n) is 23.8. The van der Waals surface area contributed by atoms with Gasteiger partial charge in [0, 0.05) is 70.9 Å². The molecule has 0 amide bonds. The van der Waals surface area contributed by atoms with Gasteiger partial charge in [0.05, 0.1) is 24.3 Å². The normalized spacial score (nSPS) is 12.5. The number of nitrogens with zero attached hydrogens (tertiary/aromatic N) is 2. The van der Waals surface area contributed by atoms with E-state index in [-0.39, 0.29) is 43.5 Å². The molecule has 0 saturated carbocycles. The molecule has 2 unspecified atom stereocenters. The van der Waals surface area contributed by atoms with Gasteiger partial charge in [0.2, 0.25) is 0 Å². The van der Waals surface area contributed by atoms with Crippen molar-refractivity contribution in [2.75, 3.05) is 53.5 Å². The minimum Gasteiger partial charge on any atom is -0.492 e. The molecule has 0 spiro atoms. The maximum atomic E-state index is 13.5. The van der Waals surface area contributed by atoms with Crippen molar-refractivity contribution in [1.29, 1.82) is 0 Å². The molecule has 0 bridgehead atoms. The van der Waals surface area contributed by atoms with E-state index in [2.05, 4.69) is 9.80 Å². The summed E-state index contributed by atoms with van der Waals surface area (Å²) in [4.78, 5) is 52.0. The number of carbonyl (C=O) groups is 4. The van der Waals surface area contributed by atoms with Crippen LogP contribution in [-0.4, -0.2) is 122 Å². The summed E-state index contributed by atoms with van der Waals surface area (Å²) in [7, 11) is 3.99. The monoisotopic (exact) mass is 1400 g/mol. The van der Waals surface area contributed by atoms with Crippen LogP contribution in [-0.2, 0) is 49.9 Å². The van der Waals surface area contributed by atoms with Gasteiger partial charge in [-0.05, 0) is 176 Å². The second-order valence-corrected chi connectivity index (χ2v) is 25.5. The van der Waals surface area contributed by atoms with E-state index < -0.39 is 53.7 Å². The molecule has 0 aromatic heterocycles. The minimum atomic E-state index is -5.08. The van der Waals surface area contributed by atoms with Crippen LogP contribution in [0.3, 0.4) is 0 Å². The highest BCUT2D eigenvalue weighted by atomic mass is 35.5. The summed E-state index contributed by atoms with van der Waals surface area (Å²) >= 11 is 24.5. The van der Waals surface area contributed by atoms with Crippen molar-refractivity contribution in [3.8, 4) is 11.5 Å². The van der Waals surface area contributed by atoms with Crippen LogP contribution in [0.1, 0.15) is 97.8 Å². The number of hydrogen-bond donors (Lipinski definition) is 1. The van der Waals surface area contributed by atoms with Gasteiger partial charge >= 0.3 is 24.3 Å². The minimum absolute atomic E-state index is 0.0284. The molecule has 2 atom stereocenters. The number of carbonyl (C=O) groups excluding carboxylic acids is 3. The maximum Gasteiger partial charge on any atom is 0.452 e. The number of ketones is 2. The number of aromatic carboxylic acids is 1. The number of carboxylic acids is 1. The van der Waals surface area contributed by atoms with Crippen molar-refractivity contribution in [2.45, 2.75) is 88.8 Å². The molecule has 1 N–H and O–H groups in total. The first kappa shape index (κ1) is 75.6.